The van der Waals surface area contributed by atoms with E-state index in [0.717, 1.165) is 11.1 Å². The van der Waals surface area contributed by atoms with E-state index in [4.69, 9.17) is 5.73 Å². The van der Waals surface area contributed by atoms with Crippen LogP contribution in [0.15, 0.2) is 24.3 Å². The van der Waals surface area contributed by atoms with Gasteiger partial charge in [0.1, 0.15) is 0 Å². The number of hydrogen-bond donors (Lipinski definition) is 1. The molecule has 0 fully saturated rings. The summed E-state index contributed by atoms with van der Waals surface area (Å²) >= 11 is 0. The summed E-state index contributed by atoms with van der Waals surface area (Å²) in [6, 6.07) is 6.84. The summed E-state index contributed by atoms with van der Waals surface area (Å²) in [6.45, 7) is 4.67. The average molecular weight is 274 g/mol. The maximum Gasteiger partial charge on any atom is 0.401 e. The Morgan fingerprint density at radius 3 is 2.05 bits per heavy atom. The van der Waals surface area contributed by atoms with Crippen LogP contribution in [0.3, 0.4) is 0 Å². The molecule has 0 aliphatic carbocycles. The predicted octanol–water partition coefficient (Wildman–Crippen LogP) is 3.27. The van der Waals surface area contributed by atoms with Gasteiger partial charge in [0.15, 0.2) is 0 Å². The van der Waals surface area contributed by atoms with Crippen LogP contribution in [0, 0.1) is 6.92 Å². The van der Waals surface area contributed by atoms with Gasteiger partial charge in [-0.25, -0.2) is 0 Å². The van der Waals surface area contributed by atoms with Crippen LogP contribution in [0.1, 0.15) is 31.0 Å². The van der Waals surface area contributed by atoms with E-state index >= 15 is 0 Å². The van der Waals surface area contributed by atoms with Gasteiger partial charge < -0.3 is 5.73 Å². The highest BCUT2D eigenvalue weighted by Gasteiger charge is 2.35. The van der Waals surface area contributed by atoms with Crippen molar-refractivity contribution in [3.05, 3.63) is 35.4 Å². The molecule has 1 unspecified atom stereocenters. The summed E-state index contributed by atoms with van der Waals surface area (Å²) in [5.41, 5.74) is 7.59. The Labute approximate surface area is 112 Å². The minimum Gasteiger partial charge on any atom is -0.329 e. The first-order valence-electron chi connectivity index (χ1n) is 6.33. The second-order valence-corrected chi connectivity index (χ2v) is 5.04. The third-order valence-corrected chi connectivity index (χ3v) is 3.11. The van der Waals surface area contributed by atoms with Gasteiger partial charge in [-0.15, -0.1) is 0 Å². The first-order chi connectivity index (χ1) is 8.74. The molecule has 1 atom stereocenters. The lowest BCUT2D eigenvalue weighted by Gasteiger charge is -2.35. The second-order valence-electron chi connectivity index (χ2n) is 5.04. The van der Waals surface area contributed by atoms with Crippen molar-refractivity contribution < 1.29 is 13.2 Å². The molecule has 0 saturated carbocycles. The highest BCUT2D eigenvalue weighted by Crippen LogP contribution is 2.27. The van der Waals surface area contributed by atoms with Crippen molar-refractivity contribution in [1.82, 2.24) is 4.90 Å². The first kappa shape index (κ1) is 16.0. The molecule has 0 aliphatic rings. The molecule has 19 heavy (non-hydrogen) atoms. The summed E-state index contributed by atoms with van der Waals surface area (Å²) in [7, 11) is 0. The fourth-order valence-electron chi connectivity index (χ4n) is 2.11. The van der Waals surface area contributed by atoms with Gasteiger partial charge >= 0.3 is 6.18 Å². The van der Waals surface area contributed by atoms with Crippen molar-refractivity contribution in [2.75, 3.05) is 13.1 Å². The quantitative estimate of drug-likeness (QED) is 0.893. The van der Waals surface area contributed by atoms with Crippen LogP contribution in [0.4, 0.5) is 13.2 Å². The van der Waals surface area contributed by atoms with Crippen LogP contribution in [-0.4, -0.2) is 30.2 Å². The van der Waals surface area contributed by atoms with Crippen molar-refractivity contribution in [1.29, 1.82) is 0 Å². The van der Waals surface area contributed by atoms with Crippen LogP contribution >= 0.6 is 0 Å². The fraction of sp³-hybridized carbons (Fsp3) is 0.571. The Morgan fingerprint density at radius 1 is 1.16 bits per heavy atom. The Hall–Kier alpha value is -1.07. The minimum atomic E-state index is -4.22. The summed E-state index contributed by atoms with van der Waals surface area (Å²) in [5, 5.41) is 0. The van der Waals surface area contributed by atoms with Crippen LogP contribution in [0.5, 0.6) is 0 Å². The van der Waals surface area contributed by atoms with Crippen molar-refractivity contribution in [2.45, 2.75) is 39.0 Å². The summed E-state index contributed by atoms with van der Waals surface area (Å²) in [6.07, 6.45) is -4.22. The predicted molar refractivity (Wildman–Crippen MR) is 70.9 cm³/mol. The third kappa shape index (κ3) is 4.84. The fourth-order valence-corrected chi connectivity index (χ4v) is 2.11. The highest BCUT2D eigenvalue weighted by atomic mass is 19.4. The van der Waals surface area contributed by atoms with Crippen LogP contribution in [-0.2, 0) is 0 Å². The van der Waals surface area contributed by atoms with Gasteiger partial charge in [-0.3, -0.25) is 4.90 Å². The number of nitrogens with zero attached hydrogens (tertiary/aromatic N) is 1. The number of alkyl halides is 3. The maximum atomic E-state index is 12.7. The number of halogens is 3. The van der Waals surface area contributed by atoms with Gasteiger partial charge in [-0.05, 0) is 26.3 Å². The van der Waals surface area contributed by atoms with E-state index < -0.39 is 18.8 Å². The molecular weight excluding hydrogens is 253 g/mol. The molecule has 0 aliphatic heterocycles. The second kappa shape index (κ2) is 6.39. The maximum absolute atomic E-state index is 12.7. The molecule has 0 amide bonds. The number of nitrogens with two attached hydrogens (primary N) is 1. The smallest absolute Gasteiger partial charge is 0.329 e. The van der Waals surface area contributed by atoms with E-state index in [1.54, 1.807) is 13.8 Å². The normalized spacial score (nSPS) is 14.2. The van der Waals surface area contributed by atoms with E-state index in [2.05, 4.69) is 0 Å². The van der Waals surface area contributed by atoms with Crippen LogP contribution in [0.2, 0.25) is 0 Å². The van der Waals surface area contributed by atoms with Gasteiger partial charge in [0.2, 0.25) is 0 Å². The molecule has 0 spiro atoms. The van der Waals surface area contributed by atoms with Gasteiger partial charge in [-0.1, -0.05) is 29.8 Å². The van der Waals surface area contributed by atoms with Crippen molar-refractivity contribution in [2.24, 2.45) is 5.73 Å². The number of rotatable bonds is 5. The zero-order valence-electron chi connectivity index (χ0n) is 11.5. The molecule has 108 valence electrons. The Morgan fingerprint density at radius 2 is 1.68 bits per heavy atom. The molecule has 0 aromatic heterocycles. The molecule has 1 rings (SSSR count). The molecule has 1 aromatic carbocycles. The van der Waals surface area contributed by atoms with Crippen LogP contribution in [0.25, 0.3) is 0 Å². The van der Waals surface area contributed by atoms with E-state index in [-0.39, 0.29) is 12.6 Å². The lowest BCUT2D eigenvalue weighted by molar-refractivity contribution is -0.155. The van der Waals surface area contributed by atoms with Gasteiger partial charge in [0.05, 0.1) is 6.54 Å². The van der Waals surface area contributed by atoms with E-state index in [1.807, 2.05) is 31.2 Å². The summed E-state index contributed by atoms with van der Waals surface area (Å²) in [4.78, 5) is 1.39. The molecule has 2 nitrogen and oxygen atoms in total. The zero-order valence-corrected chi connectivity index (χ0v) is 11.5. The van der Waals surface area contributed by atoms with E-state index in [1.165, 1.54) is 4.90 Å². The van der Waals surface area contributed by atoms with E-state index in [9.17, 15) is 13.2 Å². The topological polar surface area (TPSA) is 29.3 Å². The molecule has 1 aromatic rings. The zero-order chi connectivity index (χ0) is 14.6. The number of hydrogen-bond acceptors (Lipinski definition) is 2. The Kier molecular flexibility index (Phi) is 5.38. The molecule has 2 N–H and O–H groups in total. The molecule has 0 radical (unpaired) electrons. The monoisotopic (exact) mass is 274 g/mol. The SMILES string of the molecule is Cc1ccc(C(CN)N(CC(F)(F)F)C(C)C)cc1. The van der Waals surface area contributed by atoms with Gasteiger partial charge in [0, 0.05) is 18.6 Å². The molecule has 0 heterocycles. The summed E-state index contributed by atoms with van der Waals surface area (Å²) in [5.74, 6) is 0. The highest BCUT2D eigenvalue weighted by molar-refractivity contribution is 5.24. The molecule has 0 saturated heterocycles. The van der Waals surface area contributed by atoms with Gasteiger partial charge in [-0.2, -0.15) is 13.2 Å². The number of aryl methyl sites for hydroxylation is 1. The first-order valence-corrected chi connectivity index (χ1v) is 6.33. The molecule has 5 heteroatoms. The Bertz CT molecular complexity index is 385. The molecular formula is C14H21F3N2. The lowest BCUT2D eigenvalue weighted by atomic mass is 10.0. The third-order valence-electron chi connectivity index (χ3n) is 3.11. The standard InChI is InChI=1S/C14H21F3N2/c1-10(2)19(9-14(15,16)17)13(8-18)12-6-4-11(3)5-7-12/h4-7,10,13H,8-9,18H2,1-3H3. The van der Waals surface area contributed by atoms with E-state index in [0.29, 0.717) is 0 Å². The minimum absolute atomic E-state index is 0.164. The van der Waals surface area contributed by atoms with Gasteiger partial charge in [0.25, 0.3) is 0 Å². The number of benzene rings is 1. The average Bonchev–Trinajstić information content (AvgIpc) is 2.29. The lowest BCUT2D eigenvalue weighted by Crippen LogP contribution is -2.44. The largest absolute Gasteiger partial charge is 0.401 e. The van der Waals surface area contributed by atoms with Crippen molar-refractivity contribution in [3.63, 3.8) is 0 Å². The van der Waals surface area contributed by atoms with Crippen LogP contribution < -0.4 is 5.73 Å². The summed E-state index contributed by atoms with van der Waals surface area (Å²) < 4.78 is 38.0. The van der Waals surface area contributed by atoms with Crippen molar-refractivity contribution in [3.8, 4) is 0 Å². The molecule has 0 bridgehead atoms. The van der Waals surface area contributed by atoms with Crippen molar-refractivity contribution >= 4 is 0 Å². The Balaban J connectivity index is 2.99.